The molecule has 82 valence electrons. The fourth-order valence-corrected chi connectivity index (χ4v) is 0.800. The minimum absolute atomic E-state index is 0.363. The summed E-state index contributed by atoms with van der Waals surface area (Å²) < 4.78 is 4.44. The summed E-state index contributed by atoms with van der Waals surface area (Å²) in [6.07, 6.45) is -0.736. The summed E-state index contributed by atoms with van der Waals surface area (Å²) in [6.45, 7) is 4.63. The van der Waals surface area contributed by atoms with Crippen molar-refractivity contribution >= 4 is 11.9 Å². The topological polar surface area (TPSA) is 75.6 Å². The fourth-order valence-electron chi connectivity index (χ4n) is 0.800. The molecule has 0 aromatic rings. The van der Waals surface area contributed by atoms with Crippen molar-refractivity contribution in [1.82, 2.24) is 5.32 Å². The van der Waals surface area contributed by atoms with Crippen molar-refractivity contribution in [3.63, 3.8) is 0 Å². The Hall–Kier alpha value is -1.10. The maximum atomic E-state index is 11.3. The summed E-state index contributed by atoms with van der Waals surface area (Å²) in [5.41, 5.74) is 0. The van der Waals surface area contributed by atoms with Gasteiger partial charge in [-0.05, 0) is 13.8 Å². The lowest BCUT2D eigenvalue weighted by molar-refractivity contribution is -0.145. The molecule has 0 heterocycles. The van der Waals surface area contributed by atoms with Crippen molar-refractivity contribution in [3.8, 4) is 0 Å². The molecule has 0 spiro atoms. The highest BCUT2D eigenvalue weighted by Gasteiger charge is 2.22. The average molecular weight is 203 g/mol. The molecule has 0 saturated heterocycles. The SMILES string of the molecule is COC(=O)[C@H](C)NC(=O)[C@@H](C)[C@@H](C)O. The van der Waals surface area contributed by atoms with Gasteiger partial charge in [0.05, 0.1) is 19.1 Å². The van der Waals surface area contributed by atoms with Crippen molar-refractivity contribution in [3.05, 3.63) is 0 Å². The third kappa shape index (κ3) is 3.74. The second-order valence-corrected chi connectivity index (χ2v) is 3.28. The van der Waals surface area contributed by atoms with Gasteiger partial charge in [0.2, 0.25) is 5.91 Å². The molecule has 0 saturated carbocycles. The zero-order chi connectivity index (χ0) is 11.3. The highest BCUT2D eigenvalue weighted by atomic mass is 16.5. The fraction of sp³-hybridized carbons (Fsp3) is 0.778. The molecule has 1 amide bonds. The van der Waals surface area contributed by atoms with Gasteiger partial charge in [0.1, 0.15) is 6.04 Å². The molecule has 0 aliphatic carbocycles. The largest absolute Gasteiger partial charge is 0.467 e. The first-order valence-corrected chi connectivity index (χ1v) is 4.46. The summed E-state index contributed by atoms with van der Waals surface area (Å²) in [5.74, 6) is -1.41. The van der Waals surface area contributed by atoms with Gasteiger partial charge < -0.3 is 15.2 Å². The van der Waals surface area contributed by atoms with Crippen LogP contribution in [0.2, 0.25) is 0 Å². The molecule has 0 bridgehead atoms. The number of nitrogens with one attached hydrogen (secondary N) is 1. The Morgan fingerprint density at radius 3 is 2.14 bits per heavy atom. The number of aliphatic hydroxyl groups excluding tert-OH is 1. The van der Waals surface area contributed by atoms with E-state index in [4.69, 9.17) is 5.11 Å². The Balaban J connectivity index is 4.12. The van der Waals surface area contributed by atoms with Crippen LogP contribution >= 0.6 is 0 Å². The van der Waals surface area contributed by atoms with Crippen molar-refractivity contribution in [2.75, 3.05) is 7.11 Å². The molecule has 5 nitrogen and oxygen atoms in total. The number of amides is 1. The van der Waals surface area contributed by atoms with E-state index < -0.39 is 24.0 Å². The molecular formula is C9H17NO4. The van der Waals surface area contributed by atoms with Crippen molar-refractivity contribution in [1.29, 1.82) is 0 Å². The molecule has 0 rings (SSSR count). The molecule has 0 aliphatic rings. The van der Waals surface area contributed by atoms with Crippen LogP contribution in [0, 0.1) is 5.92 Å². The van der Waals surface area contributed by atoms with Gasteiger partial charge in [0, 0.05) is 0 Å². The van der Waals surface area contributed by atoms with Gasteiger partial charge >= 0.3 is 5.97 Å². The standard InChI is InChI=1S/C9H17NO4/c1-5(7(3)11)8(12)10-6(2)9(13)14-4/h5-7,11H,1-4H3,(H,10,12)/t5-,6-,7+/m0/s1. The van der Waals surface area contributed by atoms with E-state index in [1.54, 1.807) is 6.92 Å². The number of rotatable bonds is 4. The number of carbonyl (C=O) groups is 2. The van der Waals surface area contributed by atoms with E-state index in [9.17, 15) is 9.59 Å². The lowest BCUT2D eigenvalue weighted by Gasteiger charge is -2.17. The minimum Gasteiger partial charge on any atom is -0.467 e. The zero-order valence-electron chi connectivity index (χ0n) is 8.90. The number of carbonyl (C=O) groups excluding carboxylic acids is 2. The molecule has 14 heavy (non-hydrogen) atoms. The van der Waals surface area contributed by atoms with Crippen molar-refractivity contribution in [2.45, 2.75) is 32.9 Å². The zero-order valence-corrected chi connectivity index (χ0v) is 8.90. The van der Waals surface area contributed by atoms with E-state index in [0.717, 1.165) is 0 Å². The molecule has 0 fully saturated rings. The van der Waals surface area contributed by atoms with Crippen molar-refractivity contribution < 1.29 is 19.4 Å². The first kappa shape index (κ1) is 12.9. The molecule has 0 aromatic carbocycles. The summed E-state index contributed by atoms with van der Waals surface area (Å²) >= 11 is 0. The Labute approximate surface area is 83.4 Å². The van der Waals surface area contributed by atoms with Crippen LogP contribution in [-0.4, -0.2) is 36.2 Å². The number of methoxy groups -OCH3 is 1. The van der Waals surface area contributed by atoms with Crippen LogP contribution in [0.4, 0.5) is 0 Å². The number of ether oxygens (including phenoxy) is 1. The predicted molar refractivity (Wildman–Crippen MR) is 50.5 cm³/mol. The highest BCUT2D eigenvalue weighted by Crippen LogP contribution is 2.02. The van der Waals surface area contributed by atoms with Crippen LogP contribution in [0.1, 0.15) is 20.8 Å². The summed E-state index contributed by atoms with van der Waals surface area (Å²) in [5, 5.41) is 11.6. The van der Waals surface area contributed by atoms with E-state index in [1.807, 2.05) is 0 Å². The number of aliphatic hydroxyl groups is 1. The van der Waals surface area contributed by atoms with Crippen LogP contribution in [0.15, 0.2) is 0 Å². The first-order chi connectivity index (χ1) is 6.40. The molecule has 2 N–H and O–H groups in total. The average Bonchev–Trinajstić information content (AvgIpc) is 2.14. The van der Waals surface area contributed by atoms with Gasteiger partial charge in [0.15, 0.2) is 0 Å². The van der Waals surface area contributed by atoms with E-state index in [1.165, 1.54) is 21.0 Å². The molecule has 0 aromatic heterocycles. The molecule has 0 aliphatic heterocycles. The molecule has 3 atom stereocenters. The van der Waals surface area contributed by atoms with Gasteiger partial charge in [-0.2, -0.15) is 0 Å². The monoisotopic (exact) mass is 203 g/mol. The van der Waals surface area contributed by atoms with Gasteiger partial charge in [-0.1, -0.05) is 6.92 Å². The molecular weight excluding hydrogens is 186 g/mol. The van der Waals surface area contributed by atoms with E-state index >= 15 is 0 Å². The second kappa shape index (κ2) is 5.59. The van der Waals surface area contributed by atoms with Gasteiger partial charge in [-0.15, -0.1) is 0 Å². The first-order valence-electron chi connectivity index (χ1n) is 4.46. The maximum Gasteiger partial charge on any atom is 0.328 e. The lowest BCUT2D eigenvalue weighted by Crippen LogP contribution is -2.43. The van der Waals surface area contributed by atoms with Crippen LogP contribution < -0.4 is 5.32 Å². The van der Waals surface area contributed by atoms with Crippen molar-refractivity contribution in [2.24, 2.45) is 5.92 Å². The molecule has 0 unspecified atom stereocenters. The van der Waals surface area contributed by atoms with Gasteiger partial charge in [-0.25, -0.2) is 4.79 Å². The molecule has 0 radical (unpaired) electrons. The Morgan fingerprint density at radius 2 is 1.79 bits per heavy atom. The minimum atomic E-state index is -0.736. The summed E-state index contributed by atoms with van der Waals surface area (Å²) in [7, 11) is 1.25. The number of esters is 1. The summed E-state index contributed by atoms with van der Waals surface area (Å²) in [4.78, 5) is 22.3. The third-order valence-corrected chi connectivity index (χ3v) is 2.05. The number of hydrogen-bond acceptors (Lipinski definition) is 4. The van der Waals surface area contributed by atoms with Gasteiger partial charge in [-0.3, -0.25) is 4.79 Å². The van der Waals surface area contributed by atoms with Crippen LogP contribution in [-0.2, 0) is 14.3 Å². The van der Waals surface area contributed by atoms with Crippen LogP contribution in [0.25, 0.3) is 0 Å². The maximum absolute atomic E-state index is 11.3. The normalized spacial score (nSPS) is 16.6. The number of hydrogen-bond donors (Lipinski definition) is 2. The van der Waals surface area contributed by atoms with E-state index in [2.05, 4.69) is 10.1 Å². The Bertz CT molecular complexity index is 215. The predicted octanol–water partition coefficient (Wildman–Crippen LogP) is -0.319. The third-order valence-electron chi connectivity index (χ3n) is 2.05. The smallest absolute Gasteiger partial charge is 0.328 e. The second-order valence-electron chi connectivity index (χ2n) is 3.28. The Kier molecular flexibility index (Phi) is 5.15. The van der Waals surface area contributed by atoms with Crippen LogP contribution in [0.3, 0.4) is 0 Å². The highest BCUT2D eigenvalue weighted by molar-refractivity contribution is 5.85. The van der Waals surface area contributed by atoms with E-state index in [0.29, 0.717) is 0 Å². The lowest BCUT2D eigenvalue weighted by atomic mass is 10.1. The molecule has 5 heteroatoms. The quantitative estimate of drug-likeness (QED) is 0.614. The summed E-state index contributed by atoms with van der Waals surface area (Å²) in [6, 6.07) is -0.686. The van der Waals surface area contributed by atoms with E-state index in [-0.39, 0.29) is 5.91 Å². The van der Waals surface area contributed by atoms with Gasteiger partial charge in [0.25, 0.3) is 0 Å². The Morgan fingerprint density at radius 1 is 1.29 bits per heavy atom. The van der Waals surface area contributed by atoms with Crippen LogP contribution in [0.5, 0.6) is 0 Å².